The quantitative estimate of drug-likeness (QED) is 0.476. The highest BCUT2D eigenvalue weighted by Crippen LogP contribution is 2.26. The van der Waals surface area contributed by atoms with Crippen LogP contribution in [0, 0.1) is 11.7 Å². The van der Waals surface area contributed by atoms with Gasteiger partial charge in [0.05, 0.1) is 0 Å². The molecule has 4 nitrogen and oxygen atoms in total. The van der Waals surface area contributed by atoms with Crippen molar-refractivity contribution in [3.8, 4) is 5.75 Å². The van der Waals surface area contributed by atoms with Crippen LogP contribution in [0.4, 0.5) is 4.39 Å². The number of rotatable bonds is 5. The Hall–Kier alpha value is -2.21. The van der Waals surface area contributed by atoms with Gasteiger partial charge in [-0.3, -0.25) is 4.99 Å². The molecule has 2 N–H and O–H groups in total. The third kappa shape index (κ3) is 4.91. The summed E-state index contributed by atoms with van der Waals surface area (Å²) < 4.78 is 13.4. The Morgan fingerprint density at radius 1 is 1.31 bits per heavy atom. The molecule has 1 saturated heterocycles. The molecule has 1 unspecified atom stereocenters. The van der Waals surface area contributed by atoms with Crippen LogP contribution in [-0.4, -0.2) is 41.9 Å². The smallest absolute Gasteiger partial charge is 0.193 e. The Bertz CT molecular complexity index is 754. The molecule has 3 rings (SSSR count). The summed E-state index contributed by atoms with van der Waals surface area (Å²) in [5, 5.41) is 12.6. The maximum absolute atomic E-state index is 13.4. The molecule has 1 atom stereocenters. The molecule has 2 aromatic carbocycles. The second kappa shape index (κ2) is 8.94. The molecule has 1 heterocycles. The van der Waals surface area contributed by atoms with Gasteiger partial charge < -0.3 is 15.3 Å². The number of nitrogens with one attached hydrogen (secondary N) is 1. The topological polar surface area (TPSA) is 47.9 Å². The number of aliphatic imine (C=N–C) groups is 1. The number of aromatic hydroxyl groups is 1. The number of phenols is 1. The molecule has 1 fully saturated rings. The molecule has 0 amide bonds. The van der Waals surface area contributed by atoms with Crippen molar-refractivity contribution >= 4 is 17.7 Å². The number of hydrogen-bond donors (Lipinski definition) is 2. The highest BCUT2D eigenvalue weighted by molar-refractivity contribution is 7.99. The summed E-state index contributed by atoms with van der Waals surface area (Å²) >= 11 is 1.90. The summed E-state index contributed by atoms with van der Waals surface area (Å²) in [5.74, 6) is 1.64. The van der Waals surface area contributed by atoms with Gasteiger partial charge in [-0.05, 0) is 42.2 Å². The minimum absolute atomic E-state index is 0.323. The summed E-state index contributed by atoms with van der Waals surface area (Å²) in [6.45, 7) is 2.43. The molecule has 1 aliphatic rings. The van der Waals surface area contributed by atoms with Crippen LogP contribution in [0.5, 0.6) is 5.75 Å². The van der Waals surface area contributed by atoms with E-state index in [1.807, 2.05) is 17.8 Å². The summed E-state index contributed by atoms with van der Waals surface area (Å²) in [5.41, 5.74) is 0.775. The molecule has 0 aliphatic carbocycles. The molecule has 0 saturated carbocycles. The maximum atomic E-state index is 13.4. The van der Waals surface area contributed by atoms with Gasteiger partial charge in [0.15, 0.2) is 17.5 Å². The van der Waals surface area contributed by atoms with Gasteiger partial charge in [-0.25, -0.2) is 4.39 Å². The van der Waals surface area contributed by atoms with E-state index in [2.05, 4.69) is 39.5 Å². The first-order valence-electron chi connectivity index (χ1n) is 8.76. The first kappa shape index (κ1) is 18.6. The van der Waals surface area contributed by atoms with Crippen molar-refractivity contribution in [2.24, 2.45) is 10.9 Å². The summed E-state index contributed by atoms with van der Waals surface area (Å²) in [7, 11) is 1.77. The lowest BCUT2D eigenvalue weighted by molar-refractivity contribution is 0.431. The Kier molecular flexibility index (Phi) is 6.39. The molecule has 138 valence electrons. The van der Waals surface area contributed by atoms with E-state index in [9.17, 15) is 9.50 Å². The number of phenolic OH excluding ortho intramolecular Hbond substituents is 1. The van der Waals surface area contributed by atoms with Crippen molar-refractivity contribution in [2.75, 3.05) is 25.9 Å². The molecular formula is C20H24FN3OS. The van der Waals surface area contributed by atoms with Crippen LogP contribution in [0.3, 0.4) is 0 Å². The van der Waals surface area contributed by atoms with Gasteiger partial charge in [0, 0.05) is 37.3 Å². The number of guanidine groups is 1. The SMILES string of the molecule is CN=C(NCc1ccc(O)c(F)c1)N1CCC(CSc2ccccc2)C1. The Labute approximate surface area is 158 Å². The van der Waals surface area contributed by atoms with E-state index < -0.39 is 5.82 Å². The number of halogens is 1. The maximum Gasteiger partial charge on any atom is 0.193 e. The highest BCUT2D eigenvalue weighted by Gasteiger charge is 2.24. The largest absolute Gasteiger partial charge is 0.505 e. The van der Waals surface area contributed by atoms with Crippen molar-refractivity contribution in [3.05, 3.63) is 59.9 Å². The van der Waals surface area contributed by atoms with E-state index in [0.29, 0.717) is 12.5 Å². The number of nitrogens with zero attached hydrogens (tertiary/aromatic N) is 2. The number of thioether (sulfide) groups is 1. The highest BCUT2D eigenvalue weighted by atomic mass is 32.2. The van der Waals surface area contributed by atoms with Crippen LogP contribution in [0.1, 0.15) is 12.0 Å². The fourth-order valence-electron chi connectivity index (χ4n) is 3.07. The van der Waals surface area contributed by atoms with Gasteiger partial charge in [-0.2, -0.15) is 0 Å². The lowest BCUT2D eigenvalue weighted by atomic mass is 10.2. The van der Waals surface area contributed by atoms with Gasteiger partial charge in [0.2, 0.25) is 0 Å². The minimum Gasteiger partial charge on any atom is -0.505 e. The molecule has 1 aliphatic heterocycles. The van der Waals surface area contributed by atoms with Crippen LogP contribution in [0.15, 0.2) is 58.4 Å². The first-order chi connectivity index (χ1) is 12.7. The van der Waals surface area contributed by atoms with Crippen molar-refractivity contribution in [2.45, 2.75) is 17.9 Å². The Morgan fingerprint density at radius 2 is 2.12 bits per heavy atom. The number of benzene rings is 2. The normalized spacial score (nSPS) is 17.5. The molecule has 0 aromatic heterocycles. The van der Waals surface area contributed by atoms with E-state index in [4.69, 9.17) is 0 Å². The zero-order chi connectivity index (χ0) is 18.4. The molecule has 26 heavy (non-hydrogen) atoms. The number of hydrogen-bond acceptors (Lipinski definition) is 3. The van der Waals surface area contributed by atoms with Crippen LogP contribution in [0.2, 0.25) is 0 Å². The van der Waals surface area contributed by atoms with Crippen LogP contribution >= 0.6 is 11.8 Å². The van der Waals surface area contributed by atoms with E-state index in [1.54, 1.807) is 13.1 Å². The summed E-state index contributed by atoms with van der Waals surface area (Å²) in [6, 6.07) is 14.9. The monoisotopic (exact) mass is 373 g/mol. The third-order valence-corrected chi connectivity index (χ3v) is 5.73. The zero-order valence-corrected chi connectivity index (χ0v) is 15.7. The van der Waals surface area contributed by atoms with Crippen LogP contribution in [-0.2, 0) is 6.54 Å². The zero-order valence-electron chi connectivity index (χ0n) is 14.9. The molecule has 6 heteroatoms. The summed E-state index contributed by atoms with van der Waals surface area (Å²) in [6.07, 6.45) is 1.15. The van der Waals surface area contributed by atoms with E-state index >= 15 is 0 Å². The van der Waals surface area contributed by atoms with Gasteiger partial charge in [0.25, 0.3) is 0 Å². The predicted molar refractivity (Wildman–Crippen MR) is 105 cm³/mol. The first-order valence-corrected chi connectivity index (χ1v) is 9.75. The molecule has 2 aromatic rings. The Morgan fingerprint density at radius 3 is 2.85 bits per heavy atom. The number of likely N-dealkylation sites (tertiary alicyclic amines) is 1. The third-order valence-electron chi connectivity index (χ3n) is 4.49. The van der Waals surface area contributed by atoms with E-state index in [-0.39, 0.29) is 5.75 Å². The predicted octanol–water partition coefficient (Wildman–Crippen LogP) is 3.72. The van der Waals surface area contributed by atoms with Crippen molar-refractivity contribution < 1.29 is 9.50 Å². The lowest BCUT2D eigenvalue weighted by Crippen LogP contribution is -2.39. The van der Waals surface area contributed by atoms with E-state index in [0.717, 1.165) is 36.8 Å². The Balaban J connectivity index is 1.49. The van der Waals surface area contributed by atoms with E-state index in [1.165, 1.54) is 17.0 Å². The second-order valence-electron chi connectivity index (χ2n) is 6.41. The molecule has 0 spiro atoms. The molecule has 0 radical (unpaired) electrons. The van der Waals surface area contributed by atoms with Crippen molar-refractivity contribution in [1.82, 2.24) is 10.2 Å². The van der Waals surface area contributed by atoms with Gasteiger partial charge >= 0.3 is 0 Å². The van der Waals surface area contributed by atoms with Gasteiger partial charge in [-0.1, -0.05) is 24.3 Å². The average Bonchev–Trinajstić information content (AvgIpc) is 3.13. The van der Waals surface area contributed by atoms with Crippen LogP contribution in [0.25, 0.3) is 0 Å². The standard InChI is InChI=1S/C20H24FN3OS/c1-22-20(23-12-15-7-8-19(25)18(21)11-15)24-10-9-16(13-24)14-26-17-5-3-2-4-6-17/h2-8,11,16,25H,9-10,12-14H2,1H3,(H,22,23). The lowest BCUT2D eigenvalue weighted by Gasteiger charge is -2.22. The average molecular weight is 373 g/mol. The van der Waals surface area contributed by atoms with Gasteiger partial charge in [0.1, 0.15) is 0 Å². The van der Waals surface area contributed by atoms with Crippen LogP contribution < -0.4 is 5.32 Å². The minimum atomic E-state index is -0.599. The fourth-order valence-corrected chi connectivity index (χ4v) is 4.12. The molecule has 0 bridgehead atoms. The fraction of sp³-hybridized carbons (Fsp3) is 0.350. The molecular weight excluding hydrogens is 349 g/mol. The second-order valence-corrected chi connectivity index (χ2v) is 7.50. The van der Waals surface area contributed by atoms with Crippen molar-refractivity contribution in [3.63, 3.8) is 0 Å². The van der Waals surface area contributed by atoms with Gasteiger partial charge in [-0.15, -0.1) is 11.8 Å². The summed E-state index contributed by atoms with van der Waals surface area (Å²) in [4.78, 5) is 7.92. The van der Waals surface area contributed by atoms with Crippen molar-refractivity contribution in [1.29, 1.82) is 0 Å².